The van der Waals surface area contributed by atoms with Gasteiger partial charge in [0.15, 0.2) is 0 Å². The van der Waals surface area contributed by atoms with Crippen molar-refractivity contribution in [3.8, 4) is 11.3 Å². The molecule has 0 aliphatic heterocycles. The lowest BCUT2D eigenvalue weighted by Gasteiger charge is -2.06. The van der Waals surface area contributed by atoms with Crippen LogP contribution in [0.3, 0.4) is 0 Å². The average molecular weight is 249 g/mol. The number of benzene rings is 2. The first-order chi connectivity index (χ1) is 9.19. The number of hydrogen-bond donors (Lipinski definition) is 1. The van der Waals surface area contributed by atoms with Crippen molar-refractivity contribution in [2.75, 3.05) is 0 Å². The second-order valence-electron chi connectivity index (χ2n) is 5.25. The maximum atomic E-state index is 3.59. The number of aromatic amines is 1. The highest BCUT2D eigenvalue weighted by molar-refractivity contribution is 5.90. The van der Waals surface area contributed by atoms with Gasteiger partial charge >= 0.3 is 0 Å². The fourth-order valence-electron chi connectivity index (χ4n) is 2.93. The smallest absolute Gasteiger partial charge is 0.0497 e. The van der Waals surface area contributed by atoms with E-state index in [1.807, 2.05) is 0 Å². The molecule has 0 bridgehead atoms. The van der Waals surface area contributed by atoms with Gasteiger partial charge < -0.3 is 4.98 Å². The van der Waals surface area contributed by atoms with Crippen molar-refractivity contribution in [3.63, 3.8) is 0 Å². The largest absolute Gasteiger partial charge is 0.354 e. The summed E-state index contributed by atoms with van der Waals surface area (Å²) in [6.45, 7) is 6.54. The number of para-hydroxylation sites is 1. The Morgan fingerprint density at radius 1 is 0.947 bits per heavy atom. The number of aromatic nitrogens is 1. The van der Waals surface area contributed by atoms with Crippen LogP contribution in [0.5, 0.6) is 0 Å². The molecule has 0 unspecified atom stereocenters. The monoisotopic (exact) mass is 249 g/mol. The summed E-state index contributed by atoms with van der Waals surface area (Å²) in [5.41, 5.74) is 7.85. The van der Waals surface area contributed by atoms with E-state index >= 15 is 0 Å². The van der Waals surface area contributed by atoms with E-state index in [1.165, 1.54) is 38.9 Å². The van der Waals surface area contributed by atoms with Crippen LogP contribution in [0.15, 0.2) is 42.5 Å². The van der Waals surface area contributed by atoms with Gasteiger partial charge in [-0.1, -0.05) is 42.3 Å². The second-order valence-corrected chi connectivity index (χ2v) is 5.25. The van der Waals surface area contributed by atoms with Crippen LogP contribution < -0.4 is 0 Å². The van der Waals surface area contributed by atoms with E-state index in [0.29, 0.717) is 0 Å². The predicted molar refractivity (Wildman–Crippen MR) is 82.6 cm³/mol. The summed E-state index contributed by atoms with van der Waals surface area (Å²) in [5.74, 6) is 0. The summed E-state index contributed by atoms with van der Waals surface area (Å²) in [6.07, 6.45) is 1.05. The Kier molecular flexibility index (Phi) is 2.90. The Hall–Kier alpha value is -2.02. The van der Waals surface area contributed by atoms with Gasteiger partial charge in [0.1, 0.15) is 0 Å². The minimum absolute atomic E-state index is 1.05. The lowest BCUT2D eigenvalue weighted by molar-refractivity contribution is 1.16. The molecule has 0 radical (unpaired) electrons. The lowest BCUT2D eigenvalue weighted by Crippen LogP contribution is -1.87. The number of rotatable bonds is 2. The highest BCUT2D eigenvalue weighted by atomic mass is 14.7. The molecule has 0 aliphatic carbocycles. The summed E-state index contributed by atoms with van der Waals surface area (Å²) >= 11 is 0. The normalized spacial score (nSPS) is 11.1. The van der Waals surface area contributed by atoms with E-state index in [4.69, 9.17) is 0 Å². The molecule has 2 aromatic carbocycles. The van der Waals surface area contributed by atoms with Gasteiger partial charge in [-0.05, 0) is 49.6 Å². The van der Waals surface area contributed by atoms with E-state index in [2.05, 4.69) is 68.2 Å². The third-order valence-corrected chi connectivity index (χ3v) is 3.68. The second kappa shape index (κ2) is 4.58. The molecular weight excluding hydrogens is 230 g/mol. The van der Waals surface area contributed by atoms with Crippen molar-refractivity contribution in [1.29, 1.82) is 0 Å². The molecule has 19 heavy (non-hydrogen) atoms. The number of fused-ring (bicyclic) bond motifs is 1. The molecule has 0 aliphatic rings. The van der Waals surface area contributed by atoms with Gasteiger partial charge in [-0.15, -0.1) is 0 Å². The van der Waals surface area contributed by atoms with Crippen LogP contribution in [0.1, 0.15) is 23.6 Å². The molecule has 96 valence electrons. The molecule has 1 aromatic heterocycles. The maximum absolute atomic E-state index is 3.59. The molecule has 3 rings (SSSR count). The Morgan fingerprint density at radius 2 is 1.63 bits per heavy atom. The van der Waals surface area contributed by atoms with Crippen molar-refractivity contribution in [3.05, 3.63) is 59.2 Å². The molecule has 0 saturated carbocycles. The summed E-state index contributed by atoms with van der Waals surface area (Å²) in [4.78, 5) is 3.59. The standard InChI is InChI=1S/C18H19N/c1-4-15-16-7-5-6-8-17(16)19-18(15)14-10-12(2)9-13(3)11-14/h5-11,19H,4H2,1-3H3. The number of nitrogens with one attached hydrogen (secondary N) is 1. The summed E-state index contributed by atoms with van der Waals surface area (Å²) in [7, 11) is 0. The molecule has 0 spiro atoms. The van der Waals surface area contributed by atoms with Gasteiger partial charge in [0, 0.05) is 16.6 Å². The third-order valence-electron chi connectivity index (χ3n) is 3.68. The number of hydrogen-bond acceptors (Lipinski definition) is 0. The fourth-order valence-corrected chi connectivity index (χ4v) is 2.93. The van der Waals surface area contributed by atoms with Crippen LogP contribution in [-0.4, -0.2) is 4.98 Å². The van der Waals surface area contributed by atoms with Crippen molar-refractivity contribution in [1.82, 2.24) is 4.98 Å². The highest BCUT2D eigenvalue weighted by Gasteiger charge is 2.11. The van der Waals surface area contributed by atoms with E-state index in [9.17, 15) is 0 Å². The highest BCUT2D eigenvalue weighted by Crippen LogP contribution is 2.31. The van der Waals surface area contributed by atoms with E-state index in [-0.39, 0.29) is 0 Å². The van der Waals surface area contributed by atoms with Crippen LogP contribution in [0.4, 0.5) is 0 Å². The van der Waals surface area contributed by atoms with Crippen molar-refractivity contribution in [2.24, 2.45) is 0 Å². The van der Waals surface area contributed by atoms with E-state index in [0.717, 1.165) is 6.42 Å². The Labute approximate surface area is 114 Å². The minimum Gasteiger partial charge on any atom is -0.354 e. The van der Waals surface area contributed by atoms with Crippen LogP contribution in [-0.2, 0) is 6.42 Å². The molecular formula is C18H19N. The molecule has 0 atom stereocenters. The van der Waals surface area contributed by atoms with Gasteiger partial charge in [0.2, 0.25) is 0 Å². The Balaban J connectivity index is 2.29. The molecule has 1 heterocycles. The molecule has 1 heteroatoms. The predicted octanol–water partition coefficient (Wildman–Crippen LogP) is 5.01. The molecule has 0 fully saturated rings. The van der Waals surface area contributed by atoms with E-state index in [1.54, 1.807) is 0 Å². The third kappa shape index (κ3) is 2.06. The van der Waals surface area contributed by atoms with Crippen LogP contribution >= 0.6 is 0 Å². The zero-order chi connectivity index (χ0) is 13.4. The quantitative estimate of drug-likeness (QED) is 0.656. The van der Waals surface area contributed by atoms with Gasteiger partial charge in [0.25, 0.3) is 0 Å². The van der Waals surface area contributed by atoms with Gasteiger partial charge in [-0.3, -0.25) is 0 Å². The van der Waals surface area contributed by atoms with E-state index < -0.39 is 0 Å². The molecule has 0 amide bonds. The zero-order valence-corrected chi connectivity index (χ0v) is 11.7. The lowest BCUT2D eigenvalue weighted by atomic mass is 10.00. The zero-order valence-electron chi connectivity index (χ0n) is 11.7. The molecule has 1 nitrogen and oxygen atoms in total. The van der Waals surface area contributed by atoms with Crippen molar-refractivity contribution < 1.29 is 0 Å². The SMILES string of the molecule is CCc1c(-c2cc(C)cc(C)c2)[nH]c2ccccc12. The number of H-pyrrole nitrogens is 1. The van der Waals surface area contributed by atoms with Gasteiger partial charge in [-0.25, -0.2) is 0 Å². The first-order valence-electron chi connectivity index (χ1n) is 6.87. The van der Waals surface area contributed by atoms with Crippen molar-refractivity contribution >= 4 is 10.9 Å². The topological polar surface area (TPSA) is 15.8 Å². The first kappa shape index (κ1) is 12.0. The molecule has 0 saturated heterocycles. The Bertz CT molecular complexity index is 714. The summed E-state index contributed by atoms with van der Waals surface area (Å²) in [5, 5.41) is 1.35. The fraction of sp³-hybridized carbons (Fsp3) is 0.222. The maximum Gasteiger partial charge on any atom is 0.0497 e. The minimum atomic E-state index is 1.05. The molecule has 1 N–H and O–H groups in total. The summed E-state index contributed by atoms with van der Waals surface area (Å²) in [6, 6.07) is 15.3. The van der Waals surface area contributed by atoms with Crippen molar-refractivity contribution in [2.45, 2.75) is 27.2 Å². The average Bonchev–Trinajstić information content (AvgIpc) is 2.76. The van der Waals surface area contributed by atoms with Crippen LogP contribution in [0.2, 0.25) is 0 Å². The first-order valence-corrected chi connectivity index (χ1v) is 6.87. The summed E-state index contributed by atoms with van der Waals surface area (Å²) < 4.78 is 0. The van der Waals surface area contributed by atoms with Crippen LogP contribution in [0, 0.1) is 13.8 Å². The number of aryl methyl sites for hydroxylation is 3. The molecule has 3 aromatic rings. The van der Waals surface area contributed by atoms with Gasteiger partial charge in [-0.2, -0.15) is 0 Å². The van der Waals surface area contributed by atoms with Gasteiger partial charge in [0.05, 0.1) is 0 Å². The van der Waals surface area contributed by atoms with Crippen LogP contribution in [0.25, 0.3) is 22.2 Å². The Morgan fingerprint density at radius 3 is 2.32 bits per heavy atom.